The summed E-state index contributed by atoms with van der Waals surface area (Å²) in [6.45, 7) is 6.51. The van der Waals surface area contributed by atoms with Gasteiger partial charge in [-0.2, -0.15) is 0 Å². The predicted molar refractivity (Wildman–Crippen MR) is 87.4 cm³/mol. The number of hydrogen-bond acceptors (Lipinski definition) is 4. The summed E-state index contributed by atoms with van der Waals surface area (Å²) in [5, 5.41) is 7.03. The highest BCUT2D eigenvalue weighted by atomic mass is 15.3. The lowest BCUT2D eigenvalue weighted by Crippen LogP contribution is -2.48. The van der Waals surface area contributed by atoms with Gasteiger partial charge in [-0.15, -0.1) is 0 Å². The molecule has 2 aliphatic rings. The lowest BCUT2D eigenvalue weighted by Gasteiger charge is -2.26. The van der Waals surface area contributed by atoms with E-state index in [1.807, 2.05) is 0 Å². The van der Waals surface area contributed by atoms with Crippen LogP contribution in [0.5, 0.6) is 0 Å². The van der Waals surface area contributed by atoms with Crippen LogP contribution in [0.3, 0.4) is 0 Å². The summed E-state index contributed by atoms with van der Waals surface area (Å²) in [4.78, 5) is 7.17. The first-order valence-corrected chi connectivity index (χ1v) is 8.16. The van der Waals surface area contributed by atoms with E-state index in [0.717, 1.165) is 32.1 Å². The Morgan fingerprint density at radius 1 is 1.29 bits per heavy atom. The maximum atomic E-state index is 4.61. The Hall–Kier alpha value is -1.55. The van der Waals surface area contributed by atoms with Crippen LogP contribution in [0.2, 0.25) is 0 Å². The lowest BCUT2D eigenvalue weighted by molar-refractivity contribution is 0.247. The van der Waals surface area contributed by atoms with E-state index in [1.165, 1.54) is 24.8 Å². The maximum Gasteiger partial charge on any atom is 0.191 e. The van der Waals surface area contributed by atoms with Crippen LogP contribution in [-0.2, 0) is 6.54 Å². The molecule has 4 heteroatoms. The van der Waals surface area contributed by atoms with Gasteiger partial charge < -0.3 is 10.6 Å². The van der Waals surface area contributed by atoms with Gasteiger partial charge in [-0.25, -0.2) is 0 Å². The predicted octanol–water partition coefficient (Wildman–Crippen LogP) is 1.98. The van der Waals surface area contributed by atoms with E-state index < -0.39 is 0 Å². The van der Waals surface area contributed by atoms with E-state index in [4.69, 9.17) is 0 Å². The van der Waals surface area contributed by atoms with Crippen LogP contribution in [0, 0.1) is 0 Å². The molecule has 2 N–H and O–H groups in total. The summed E-state index contributed by atoms with van der Waals surface area (Å²) >= 11 is 0. The second-order valence-electron chi connectivity index (χ2n) is 6.10. The Morgan fingerprint density at radius 3 is 3.00 bits per heavy atom. The first-order chi connectivity index (χ1) is 10.3. The minimum absolute atomic E-state index is 0.498. The molecule has 114 valence electrons. The van der Waals surface area contributed by atoms with E-state index in [-0.39, 0.29) is 0 Å². The lowest BCUT2D eigenvalue weighted by atomic mass is 10.1. The van der Waals surface area contributed by atoms with Gasteiger partial charge in [-0.1, -0.05) is 30.3 Å². The van der Waals surface area contributed by atoms with Gasteiger partial charge in [-0.3, -0.25) is 9.89 Å². The third-order valence-electron chi connectivity index (χ3n) is 4.58. The molecule has 1 saturated heterocycles. The molecule has 0 spiro atoms. The Morgan fingerprint density at radius 2 is 2.14 bits per heavy atom. The molecule has 1 fully saturated rings. The largest absolute Gasteiger partial charge is 0.356 e. The molecule has 0 radical (unpaired) electrons. The summed E-state index contributed by atoms with van der Waals surface area (Å²) in [6.07, 6.45) is 3.60. The first-order valence-electron chi connectivity index (χ1n) is 8.16. The quantitative estimate of drug-likeness (QED) is 0.892. The van der Waals surface area contributed by atoms with Crippen molar-refractivity contribution in [1.29, 1.82) is 0 Å². The van der Waals surface area contributed by atoms with Crippen molar-refractivity contribution in [3.63, 3.8) is 0 Å². The highest BCUT2D eigenvalue weighted by Crippen LogP contribution is 2.20. The number of guanidine groups is 1. The molecule has 0 bridgehead atoms. The van der Waals surface area contributed by atoms with Crippen LogP contribution >= 0.6 is 0 Å². The summed E-state index contributed by atoms with van der Waals surface area (Å²) in [5.41, 5.74) is 1.40. The van der Waals surface area contributed by atoms with Crippen LogP contribution in [-0.4, -0.2) is 42.6 Å². The van der Waals surface area contributed by atoms with Crippen LogP contribution in [0.1, 0.15) is 31.7 Å². The molecule has 2 unspecified atom stereocenters. The topological polar surface area (TPSA) is 39.7 Å². The van der Waals surface area contributed by atoms with Crippen molar-refractivity contribution in [1.82, 2.24) is 15.5 Å². The molecule has 21 heavy (non-hydrogen) atoms. The zero-order chi connectivity index (χ0) is 14.5. The number of nitrogens with one attached hydrogen (secondary N) is 2. The van der Waals surface area contributed by atoms with Gasteiger partial charge in [0.2, 0.25) is 0 Å². The van der Waals surface area contributed by atoms with Gasteiger partial charge >= 0.3 is 0 Å². The first kappa shape index (κ1) is 14.4. The van der Waals surface area contributed by atoms with Crippen molar-refractivity contribution in [3.05, 3.63) is 35.9 Å². The van der Waals surface area contributed by atoms with E-state index in [0.29, 0.717) is 12.1 Å². The van der Waals surface area contributed by atoms with Crippen molar-refractivity contribution in [2.45, 2.75) is 44.8 Å². The molecule has 2 heterocycles. The van der Waals surface area contributed by atoms with E-state index in [9.17, 15) is 0 Å². The van der Waals surface area contributed by atoms with Gasteiger partial charge in [0, 0.05) is 38.3 Å². The summed E-state index contributed by atoms with van der Waals surface area (Å²) in [6, 6.07) is 11.8. The Balaban J connectivity index is 1.56. The Bertz CT molecular complexity index is 471. The zero-order valence-corrected chi connectivity index (χ0v) is 12.9. The number of aliphatic imine (C=N–C) groups is 1. The smallest absolute Gasteiger partial charge is 0.191 e. The number of nitrogens with zero attached hydrogens (tertiary/aromatic N) is 2. The third-order valence-corrected chi connectivity index (χ3v) is 4.58. The zero-order valence-electron chi connectivity index (χ0n) is 12.9. The van der Waals surface area contributed by atoms with Crippen LogP contribution < -0.4 is 10.6 Å². The minimum Gasteiger partial charge on any atom is -0.356 e. The van der Waals surface area contributed by atoms with Crippen LogP contribution in [0.25, 0.3) is 0 Å². The number of hydrogen-bond donors (Lipinski definition) is 2. The van der Waals surface area contributed by atoms with Crippen molar-refractivity contribution in [2.24, 2.45) is 4.99 Å². The van der Waals surface area contributed by atoms with E-state index >= 15 is 0 Å². The molecular weight excluding hydrogens is 260 g/mol. The summed E-state index contributed by atoms with van der Waals surface area (Å²) in [5.74, 6) is 1.01. The van der Waals surface area contributed by atoms with Crippen molar-refractivity contribution in [2.75, 3.05) is 19.6 Å². The molecular formula is C17H26N4. The molecule has 1 aromatic carbocycles. The molecule has 1 aromatic rings. The molecule has 0 amide bonds. The fourth-order valence-corrected chi connectivity index (χ4v) is 3.20. The highest BCUT2D eigenvalue weighted by Gasteiger charge is 2.31. The second-order valence-corrected chi connectivity index (χ2v) is 6.10. The fourth-order valence-electron chi connectivity index (χ4n) is 3.20. The van der Waals surface area contributed by atoms with Crippen molar-refractivity contribution >= 4 is 5.96 Å². The highest BCUT2D eigenvalue weighted by molar-refractivity contribution is 5.80. The number of benzene rings is 1. The standard InChI is InChI=1S/C17H26N4/c1-14-16(20-17-18-10-5-6-11-19-17)9-12-21(14)13-15-7-3-2-4-8-15/h2-4,7-8,14,16H,5-6,9-13H2,1H3,(H2,18,19,20). The maximum absolute atomic E-state index is 4.61. The molecule has 0 saturated carbocycles. The van der Waals surface area contributed by atoms with Gasteiger partial charge in [0.1, 0.15) is 0 Å². The monoisotopic (exact) mass is 286 g/mol. The third kappa shape index (κ3) is 3.76. The summed E-state index contributed by atoms with van der Waals surface area (Å²) < 4.78 is 0. The van der Waals surface area contributed by atoms with Crippen molar-refractivity contribution in [3.8, 4) is 0 Å². The Kier molecular flexibility index (Phi) is 4.76. The second kappa shape index (κ2) is 6.94. The normalized spacial score (nSPS) is 26.8. The fraction of sp³-hybridized carbons (Fsp3) is 0.588. The summed E-state index contributed by atoms with van der Waals surface area (Å²) in [7, 11) is 0. The Labute approximate surface area is 127 Å². The molecule has 3 rings (SSSR count). The van der Waals surface area contributed by atoms with E-state index in [1.54, 1.807) is 0 Å². The van der Waals surface area contributed by atoms with Gasteiger partial charge in [0.25, 0.3) is 0 Å². The van der Waals surface area contributed by atoms with Gasteiger partial charge in [-0.05, 0) is 31.7 Å². The minimum atomic E-state index is 0.498. The van der Waals surface area contributed by atoms with Gasteiger partial charge in [0.05, 0.1) is 0 Å². The SMILES string of the molecule is CC1C(NC2=NCCCCN2)CCN1Cc1ccccc1. The molecule has 0 aromatic heterocycles. The van der Waals surface area contributed by atoms with Crippen molar-refractivity contribution < 1.29 is 0 Å². The number of likely N-dealkylation sites (tertiary alicyclic amines) is 1. The average Bonchev–Trinajstić information content (AvgIpc) is 2.71. The van der Waals surface area contributed by atoms with E-state index in [2.05, 4.69) is 57.8 Å². The molecule has 0 aliphatic carbocycles. The van der Waals surface area contributed by atoms with Gasteiger partial charge in [0.15, 0.2) is 5.96 Å². The molecule has 4 nitrogen and oxygen atoms in total. The average molecular weight is 286 g/mol. The van der Waals surface area contributed by atoms with Crippen LogP contribution in [0.15, 0.2) is 35.3 Å². The van der Waals surface area contributed by atoms with Crippen LogP contribution in [0.4, 0.5) is 0 Å². The molecule has 2 aliphatic heterocycles. The number of rotatable bonds is 3. The molecule has 2 atom stereocenters.